The third-order valence-corrected chi connectivity index (χ3v) is 3.69. The molecule has 3 heteroatoms. The molecule has 1 fully saturated rings. The van der Waals surface area contributed by atoms with E-state index in [4.69, 9.17) is 0 Å². The normalized spacial score (nSPS) is 18.8. The minimum absolute atomic E-state index is 0.690. The first-order valence-electron chi connectivity index (χ1n) is 5.94. The molecule has 84 valence electrons. The van der Waals surface area contributed by atoms with E-state index in [1.54, 1.807) is 0 Å². The molecule has 1 aliphatic rings. The lowest BCUT2D eigenvalue weighted by Crippen LogP contribution is -2.37. The maximum Gasteiger partial charge on any atom is 0.108 e. The number of aromatic nitrogens is 2. The fraction of sp³-hybridized carbons (Fsp3) is 0.750. The Balaban J connectivity index is 1.83. The van der Waals surface area contributed by atoms with Gasteiger partial charge in [-0.25, -0.2) is 4.98 Å². The van der Waals surface area contributed by atoms with Crippen molar-refractivity contribution in [2.75, 3.05) is 7.05 Å². The van der Waals surface area contributed by atoms with E-state index in [1.165, 1.54) is 31.5 Å². The van der Waals surface area contributed by atoms with Crippen LogP contribution in [-0.4, -0.2) is 22.6 Å². The largest absolute Gasteiger partial charge is 0.338 e. The van der Waals surface area contributed by atoms with Gasteiger partial charge in [0, 0.05) is 31.9 Å². The Morgan fingerprint density at radius 1 is 1.60 bits per heavy atom. The Hall–Kier alpha value is -0.830. The summed E-state index contributed by atoms with van der Waals surface area (Å²) in [5.74, 6) is 2.12. The minimum atomic E-state index is 0.690. The number of aryl methyl sites for hydroxylation is 2. The molecule has 0 bridgehead atoms. The van der Waals surface area contributed by atoms with Crippen LogP contribution in [0.3, 0.4) is 0 Å². The molecule has 0 aliphatic heterocycles. The fourth-order valence-corrected chi connectivity index (χ4v) is 2.38. The zero-order valence-electron chi connectivity index (χ0n) is 9.74. The van der Waals surface area contributed by atoms with Gasteiger partial charge in [0.1, 0.15) is 5.82 Å². The van der Waals surface area contributed by atoms with Gasteiger partial charge in [-0.15, -0.1) is 0 Å². The van der Waals surface area contributed by atoms with Crippen molar-refractivity contribution in [1.29, 1.82) is 0 Å². The summed E-state index contributed by atoms with van der Waals surface area (Å²) in [4.78, 5) is 4.36. The van der Waals surface area contributed by atoms with Gasteiger partial charge in [0.25, 0.3) is 0 Å². The number of hydrogen-bond acceptors (Lipinski definition) is 2. The van der Waals surface area contributed by atoms with E-state index in [0.717, 1.165) is 12.3 Å². The Labute approximate surface area is 91.9 Å². The number of nitrogens with zero attached hydrogens (tertiary/aromatic N) is 2. The first kappa shape index (κ1) is 10.7. The Morgan fingerprint density at radius 2 is 2.40 bits per heavy atom. The zero-order valence-corrected chi connectivity index (χ0v) is 9.74. The van der Waals surface area contributed by atoms with Crippen molar-refractivity contribution in [3.63, 3.8) is 0 Å². The fourth-order valence-electron chi connectivity index (χ4n) is 2.38. The molecule has 0 saturated heterocycles. The Bertz CT molecular complexity index is 302. The average Bonchev–Trinajstić information content (AvgIpc) is 2.55. The van der Waals surface area contributed by atoms with Crippen LogP contribution in [-0.2, 0) is 13.5 Å². The smallest absolute Gasteiger partial charge is 0.108 e. The summed E-state index contributed by atoms with van der Waals surface area (Å²) in [6, 6.07) is 0.690. The second-order valence-electron chi connectivity index (χ2n) is 4.58. The van der Waals surface area contributed by atoms with E-state index in [2.05, 4.69) is 29.0 Å². The molecule has 1 aliphatic carbocycles. The van der Waals surface area contributed by atoms with E-state index in [0.29, 0.717) is 6.04 Å². The molecule has 1 aromatic heterocycles. The summed E-state index contributed by atoms with van der Waals surface area (Å²) in [6.45, 7) is 0. The summed E-state index contributed by atoms with van der Waals surface area (Å²) in [5.41, 5.74) is 0. The molecule has 3 nitrogen and oxygen atoms in total. The molecule has 1 heterocycles. The highest BCUT2D eigenvalue weighted by Gasteiger charge is 2.25. The predicted molar refractivity (Wildman–Crippen MR) is 61.7 cm³/mol. The third kappa shape index (κ3) is 2.40. The summed E-state index contributed by atoms with van der Waals surface area (Å²) in [7, 11) is 4.15. The summed E-state index contributed by atoms with van der Waals surface area (Å²) >= 11 is 0. The Morgan fingerprint density at radius 3 is 2.87 bits per heavy atom. The first-order valence-corrected chi connectivity index (χ1v) is 5.94. The van der Waals surface area contributed by atoms with E-state index >= 15 is 0 Å². The van der Waals surface area contributed by atoms with Gasteiger partial charge in [-0.2, -0.15) is 0 Å². The van der Waals surface area contributed by atoms with Gasteiger partial charge in [0.2, 0.25) is 0 Å². The van der Waals surface area contributed by atoms with Gasteiger partial charge in [-0.3, -0.25) is 0 Å². The van der Waals surface area contributed by atoms with Gasteiger partial charge >= 0.3 is 0 Å². The van der Waals surface area contributed by atoms with Crippen molar-refractivity contribution in [2.45, 2.75) is 38.1 Å². The van der Waals surface area contributed by atoms with Crippen molar-refractivity contribution < 1.29 is 0 Å². The van der Waals surface area contributed by atoms with Crippen LogP contribution in [0.15, 0.2) is 12.4 Å². The summed E-state index contributed by atoms with van der Waals surface area (Å²) in [6.07, 6.45) is 10.4. The standard InChI is InChI=1S/C12H21N3/c1-13-11(10-4-3-5-10)6-7-12-14-8-9-15(12)2/h8-11,13H,3-7H2,1-2H3. The van der Waals surface area contributed by atoms with Crippen molar-refractivity contribution in [3.05, 3.63) is 18.2 Å². The molecule has 1 unspecified atom stereocenters. The third-order valence-electron chi connectivity index (χ3n) is 3.69. The van der Waals surface area contributed by atoms with Crippen LogP contribution in [0.25, 0.3) is 0 Å². The highest BCUT2D eigenvalue weighted by Crippen LogP contribution is 2.31. The van der Waals surface area contributed by atoms with Crippen LogP contribution in [0.5, 0.6) is 0 Å². The van der Waals surface area contributed by atoms with E-state index < -0.39 is 0 Å². The van der Waals surface area contributed by atoms with Crippen molar-refractivity contribution in [3.8, 4) is 0 Å². The topological polar surface area (TPSA) is 29.9 Å². The molecule has 0 radical (unpaired) electrons. The number of nitrogens with one attached hydrogen (secondary N) is 1. The van der Waals surface area contributed by atoms with Crippen LogP contribution in [0, 0.1) is 5.92 Å². The summed E-state index contributed by atoms with van der Waals surface area (Å²) < 4.78 is 2.12. The summed E-state index contributed by atoms with van der Waals surface area (Å²) in [5, 5.41) is 3.45. The molecular weight excluding hydrogens is 186 g/mol. The maximum atomic E-state index is 4.36. The van der Waals surface area contributed by atoms with Crippen molar-refractivity contribution in [2.24, 2.45) is 13.0 Å². The van der Waals surface area contributed by atoms with Gasteiger partial charge in [-0.05, 0) is 32.2 Å². The first-order chi connectivity index (χ1) is 7.31. The SMILES string of the molecule is CNC(CCc1nccn1C)C1CCC1. The van der Waals surface area contributed by atoms with Crippen LogP contribution in [0.2, 0.25) is 0 Å². The number of imidazole rings is 1. The molecule has 0 aromatic carbocycles. The van der Waals surface area contributed by atoms with Crippen molar-refractivity contribution in [1.82, 2.24) is 14.9 Å². The minimum Gasteiger partial charge on any atom is -0.338 e. The Kier molecular flexibility index (Phi) is 3.41. The van der Waals surface area contributed by atoms with Crippen LogP contribution >= 0.6 is 0 Å². The lowest BCUT2D eigenvalue weighted by molar-refractivity contribution is 0.227. The molecule has 0 spiro atoms. The highest BCUT2D eigenvalue weighted by atomic mass is 15.0. The molecular formula is C12H21N3. The maximum absolute atomic E-state index is 4.36. The average molecular weight is 207 g/mol. The lowest BCUT2D eigenvalue weighted by Gasteiger charge is -2.33. The molecule has 2 rings (SSSR count). The molecule has 1 atom stereocenters. The molecule has 1 saturated carbocycles. The van der Waals surface area contributed by atoms with Crippen LogP contribution in [0.4, 0.5) is 0 Å². The number of rotatable bonds is 5. The lowest BCUT2D eigenvalue weighted by atomic mass is 9.78. The van der Waals surface area contributed by atoms with Gasteiger partial charge in [0.15, 0.2) is 0 Å². The van der Waals surface area contributed by atoms with Crippen LogP contribution in [0.1, 0.15) is 31.5 Å². The van der Waals surface area contributed by atoms with E-state index in [1.807, 2.05) is 12.4 Å². The highest BCUT2D eigenvalue weighted by molar-refractivity contribution is 4.93. The monoisotopic (exact) mass is 207 g/mol. The number of hydrogen-bond donors (Lipinski definition) is 1. The van der Waals surface area contributed by atoms with E-state index in [-0.39, 0.29) is 0 Å². The zero-order chi connectivity index (χ0) is 10.7. The van der Waals surface area contributed by atoms with Crippen LogP contribution < -0.4 is 5.32 Å². The van der Waals surface area contributed by atoms with Gasteiger partial charge in [-0.1, -0.05) is 6.42 Å². The molecule has 15 heavy (non-hydrogen) atoms. The predicted octanol–water partition coefficient (Wildman–Crippen LogP) is 1.74. The van der Waals surface area contributed by atoms with Crippen molar-refractivity contribution >= 4 is 0 Å². The molecule has 0 amide bonds. The molecule has 1 N–H and O–H groups in total. The molecule has 1 aromatic rings. The van der Waals surface area contributed by atoms with E-state index in [9.17, 15) is 0 Å². The quantitative estimate of drug-likeness (QED) is 0.797. The second kappa shape index (κ2) is 4.79. The second-order valence-corrected chi connectivity index (χ2v) is 4.58. The van der Waals surface area contributed by atoms with Gasteiger partial charge in [0.05, 0.1) is 0 Å². The van der Waals surface area contributed by atoms with Gasteiger partial charge < -0.3 is 9.88 Å².